The molecule has 0 aliphatic carbocycles. The van der Waals surface area contributed by atoms with Crippen LogP contribution in [0.3, 0.4) is 0 Å². The Hall–Kier alpha value is -0.400. The molecule has 0 rings (SSSR count). The Morgan fingerprint density at radius 3 is 2.62 bits per heavy atom. The number of rotatable bonds is 4. The lowest BCUT2D eigenvalue weighted by Crippen LogP contribution is -1.94. The van der Waals surface area contributed by atoms with Crippen LogP contribution in [-0.2, 0) is 0 Å². The molecule has 0 radical (unpaired) electrons. The average Bonchev–Trinajstić information content (AvgIpc) is 1.83. The van der Waals surface area contributed by atoms with Crippen LogP contribution in [0.4, 0.5) is 0 Å². The van der Waals surface area contributed by atoms with Crippen molar-refractivity contribution in [2.24, 2.45) is 5.18 Å². The molecule has 0 spiro atoms. The molecule has 0 aromatic rings. The van der Waals surface area contributed by atoms with E-state index in [0.717, 1.165) is 19.3 Å². The standard InChI is InChI=1S/C6H13NO/c1-3-4-5-6(2)7-8/h6H,3-5H2,1-2H3/t6-/m0/s1. The summed E-state index contributed by atoms with van der Waals surface area (Å²) in [5.74, 6) is 0. The van der Waals surface area contributed by atoms with E-state index in [-0.39, 0.29) is 6.04 Å². The molecule has 0 aromatic heterocycles. The van der Waals surface area contributed by atoms with Crippen LogP contribution in [0.2, 0.25) is 0 Å². The summed E-state index contributed by atoms with van der Waals surface area (Å²) in [6.45, 7) is 3.96. The van der Waals surface area contributed by atoms with Crippen molar-refractivity contribution in [3.8, 4) is 0 Å². The van der Waals surface area contributed by atoms with Gasteiger partial charge >= 0.3 is 0 Å². The molecule has 8 heavy (non-hydrogen) atoms. The third-order valence-electron chi connectivity index (χ3n) is 1.16. The Balaban J connectivity index is 2.98. The quantitative estimate of drug-likeness (QED) is 0.517. The third kappa shape index (κ3) is 3.78. The predicted molar refractivity (Wildman–Crippen MR) is 34.8 cm³/mol. The first-order chi connectivity index (χ1) is 3.81. The van der Waals surface area contributed by atoms with E-state index < -0.39 is 0 Å². The number of nitrogens with zero attached hydrogens (tertiary/aromatic N) is 1. The molecule has 0 bridgehead atoms. The van der Waals surface area contributed by atoms with Crippen molar-refractivity contribution in [3.63, 3.8) is 0 Å². The van der Waals surface area contributed by atoms with E-state index in [0.29, 0.717) is 0 Å². The van der Waals surface area contributed by atoms with E-state index in [1.165, 1.54) is 0 Å². The summed E-state index contributed by atoms with van der Waals surface area (Å²) in [6, 6.07) is 0.0231. The molecule has 2 heteroatoms. The van der Waals surface area contributed by atoms with Crippen molar-refractivity contribution in [1.82, 2.24) is 0 Å². The highest BCUT2D eigenvalue weighted by Gasteiger charge is 1.96. The average molecular weight is 115 g/mol. The molecular formula is C6H13NO. The van der Waals surface area contributed by atoms with Crippen molar-refractivity contribution in [3.05, 3.63) is 4.91 Å². The third-order valence-corrected chi connectivity index (χ3v) is 1.16. The van der Waals surface area contributed by atoms with E-state index >= 15 is 0 Å². The van der Waals surface area contributed by atoms with Crippen molar-refractivity contribution in [2.45, 2.75) is 39.2 Å². The summed E-state index contributed by atoms with van der Waals surface area (Å²) in [7, 11) is 0. The highest BCUT2D eigenvalue weighted by Crippen LogP contribution is 2.01. The van der Waals surface area contributed by atoms with Gasteiger partial charge in [-0.1, -0.05) is 24.9 Å². The first-order valence-corrected chi connectivity index (χ1v) is 3.13. The van der Waals surface area contributed by atoms with E-state index in [4.69, 9.17) is 0 Å². The monoisotopic (exact) mass is 115 g/mol. The second kappa shape index (κ2) is 4.75. The van der Waals surface area contributed by atoms with Crippen LogP contribution < -0.4 is 0 Å². The topological polar surface area (TPSA) is 29.4 Å². The molecule has 0 saturated heterocycles. The Morgan fingerprint density at radius 1 is 1.62 bits per heavy atom. The summed E-state index contributed by atoms with van der Waals surface area (Å²) in [4.78, 5) is 9.76. The fourth-order valence-electron chi connectivity index (χ4n) is 0.552. The second-order valence-electron chi connectivity index (χ2n) is 2.10. The Morgan fingerprint density at radius 2 is 2.25 bits per heavy atom. The number of unbranched alkanes of at least 4 members (excludes halogenated alkanes) is 1. The fourth-order valence-corrected chi connectivity index (χ4v) is 0.552. The molecule has 48 valence electrons. The number of hydrogen-bond donors (Lipinski definition) is 0. The molecule has 0 saturated carbocycles. The van der Waals surface area contributed by atoms with Gasteiger partial charge in [0.15, 0.2) is 0 Å². The van der Waals surface area contributed by atoms with Crippen molar-refractivity contribution >= 4 is 0 Å². The minimum Gasteiger partial charge on any atom is -0.151 e. The maximum absolute atomic E-state index is 9.76. The van der Waals surface area contributed by atoms with Gasteiger partial charge in [0.05, 0.1) is 6.04 Å². The molecule has 0 aliphatic heterocycles. The summed E-state index contributed by atoms with van der Waals surface area (Å²) in [5.41, 5.74) is 0. The molecular weight excluding hydrogens is 102 g/mol. The molecule has 0 amide bonds. The maximum atomic E-state index is 9.76. The first-order valence-electron chi connectivity index (χ1n) is 3.13. The lowest BCUT2D eigenvalue weighted by molar-refractivity contribution is 0.614. The molecule has 0 heterocycles. The second-order valence-corrected chi connectivity index (χ2v) is 2.10. The van der Waals surface area contributed by atoms with Gasteiger partial charge in [0.2, 0.25) is 0 Å². The molecule has 2 nitrogen and oxygen atoms in total. The van der Waals surface area contributed by atoms with Crippen LogP contribution in [0.15, 0.2) is 5.18 Å². The van der Waals surface area contributed by atoms with Gasteiger partial charge in [-0.2, -0.15) is 4.91 Å². The highest BCUT2D eigenvalue weighted by atomic mass is 16.3. The van der Waals surface area contributed by atoms with Crippen LogP contribution in [0.1, 0.15) is 33.1 Å². The zero-order chi connectivity index (χ0) is 6.41. The van der Waals surface area contributed by atoms with Gasteiger partial charge in [0.25, 0.3) is 0 Å². The minimum absolute atomic E-state index is 0.0231. The van der Waals surface area contributed by atoms with Crippen LogP contribution in [0.25, 0.3) is 0 Å². The number of nitroso groups, excluding NO2 is 1. The summed E-state index contributed by atoms with van der Waals surface area (Å²) in [6.07, 6.45) is 3.22. The molecule has 0 fully saturated rings. The number of hydrogen-bond acceptors (Lipinski definition) is 2. The summed E-state index contributed by atoms with van der Waals surface area (Å²) >= 11 is 0. The van der Waals surface area contributed by atoms with Gasteiger partial charge in [0.1, 0.15) is 0 Å². The van der Waals surface area contributed by atoms with Crippen molar-refractivity contribution in [2.75, 3.05) is 0 Å². The van der Waals surface area contributed by atoms with Crippen molar-refractivity contribution in [1.29, 1.82) is 0 Å². The molecule has 0 aliphatic rings. The molecule has 0 N–H and O–H groups in total. The SMILES string of the molecule is CCCC[C@H](C)N=O. The summed E-state index contributed by atoms with van der Waals surface area (Å²) in [5, 5.41) is 2.88. The Labute approximate surface area is 50.3 Å². The van der Waals surface area contributed by atoms with E-state index in [9.17, 15) is 4.91 Å². The first kappa shape index (κ1) is 7.60. The van der Waals surface area contributed by atoms with E-state index in [2.05, 4.69) is 12.1 Å². The largest absolute Gasteiger partial charge is 0.151 e. The van der Waals surface area contributed by atoms with Gasteiger partial charge in [-0.05, 0) is 13.3 Å². The van der Waals surface area contributed by atoms with Gasteiger partial charge in [-0.25, -0.2) is 0 Å². The fraction of sp³-hybridized carbons (Fsp3) is 1.00. The van der Waals surface area contributed by atoms with E-state index in [1.807, 2.05) is 6.92 Å². The van der Waals surface area contributed by atoms with Crippen LogP contribution in [-0.4, -0.2) is 6.04 Å². The zero-order valence-electron chi connectivity index (χ0n) is 5.55. The van der Waals surface area contributed by atoms with Gasteiger partial charge in [0, 0.05) is 0 Å². The normalized spacial score (nSPS) is 13.2. The van der Waals surface area contributed by atoms with Gasteiger partial charge < -0.3 is 0 Å². The van der Waals surface area contributed by atoms with Crippen LogP contribution in [0, 0.1) is 4.91 Å². The molecule has 0 unspecified atom stereocenters. The highest BCUT2D eigenvalue weighted by molar-refractivity contribution is 4.56. The lowest BCUT2D eigenvalue weighted by Gasteiger charge is -1.96. The van der Waals surface area contributed by atoms with Crippen LogP contribution >= 0.6 is 0 Å². The zero-order valence-corrected chi connectivity index (χ0v) is 5.55. The van der Waals surface area contributed by atoms with Gasteiger partial charge in [-0.15, -0.1) is 0 Å². The smallest absolute Gasteiger partial charge is 0.0891 e. The molecule has 1 atom stereocenters. The Bertz CT molecular complexity index is 63.5. The van der Waals surface area contributed by atoms with Crippen LogP contribution in [0.5, 0.6) is 0 Å². The predicted octanol–water partition coefficient (Wildman–Crippen LogP) is 2.33. The van der Waals surface area contributed by atoms with E-state index in [1.54, 1.807) is 0 Å². The Kier molecular flexibility index (Phi) is 4.51. The summed E-state index contributed by atoms with van der Waals surface area (Å²) < 4.78 is 0. The minimum atomic E-state index is 0.0231. The molecule has 0 aromatic carbocycles. The van der Waals surface area contributed by atoms with Gasteiger partial charge in [-0.3, -0.25) is 0 Å². The van der Waals surface area contributed by atoms with Crippen molar-refractivity contribution < 1.29 is 0 Å². The lowest BCUT2D eigenvalue weighted by atomic mass is 10.2. The maximum Gasteiger partial charge on any atom is 0.0891 e.